The Morgan fingerprint density at radius 3 is 2.30 bits per heavy atom. The lowest BCUT2D eigenvalue weighted by molar-refractivity contribution is -0.252. The summed E-state index contributed by atoms with van der Waals surface area (Å²) in [4.78, 5) is 0. The van der Waals surface area contributed by atoms with Crippen LogP contribution in [-0.4, -0.2) is 51.6 Å². The molecule has 5 nitrogen and oxygen atoms in total. The van der Waals surface area contributed by atoms with Gasteiger partial charge < -0.3 is 25.2 Å². The maximum Gasteiger partial charge on any atom is 0.183 e. The number of rotatable bonds is 0. The molecule has 1 fully saturated rings. The van der Waals surface area contributed by atoms with Crippen LogP contribution in [0, 0.1) is 0 Å². The standard InChI is InChI=1S/C5H10O5/c6-2-1-10-5(9)4(8)3(2)7/h2-9H,1H2/t2-,3-,4-,5?/m1/s1/i2D. The van der Waals surface area contributed by atoms with Gasteiger partial charge in [-0.25, -0.2) is 0 Å². The van der Waals surface area contributed by atoms with Gasteiger partial charge in [0.15, 0.2) is 6.29 Å². The summed E-state index contributed by atoms with van der Waals surface area (Å²) in [6.07, 6.45) is -7.10. The Morgan fingerprint density at radius 1 is 1.20 bits per heavy atom. The SMILES string of the molecule is [2H][C@@]1(O)COC(O)[C@H](O)[C@@H]1O. The summed E-state index contributed by atoms with van der Waals surface area (Å²) in [5.41, 5.74) is 0. The Labute approximate surface area is 58.9 Å². The average molecular weight is 151 g/mol. The molecule has 1 aliphatic heterocycles. The fourth-order valence-electron chi connectivity index (χ4n) is 0.708. The van der Waals surface area contributed by atoms with Crippen molar-refractivity contribution in [2.75, 3.05) is 6.61 Å². The van der Waals surface area contributed by atoms with Gasteiger partial charge in [0, 0.05) is 0 Å². The molecule has 0 aromatic rings. The van der Waals surface area contributed by atoms with E-state index in [-0.39, 0.29) is 0 Å². The van der Waals surface area contributed by atoms with Crippen LogP contribution in [0.25, 0.3) is 0 Å². The van der Waals surface area contributed by atoms with Crippen LogP contribution in [0.15, 0.2) is 0 Å². The van der Waals surface area contributed by atoms with Gasteiger partial charge in [0.05, 0.1) is 7.98 Å². The van der Waals surface area contributed by atoms with Crippen LogP contribution in [0.5, 0.6) is 0 Å². The minimum Gasteiger partial charge on any atom is -0.388 e. The van der Waals surface area contributed by atoms with Gasteiger partial charge in [0.25, 0.3) is 0 Å². The molecule has 1 aliphatic rings. The summed E-state index contributed by atoms with van der Waals surface area (Å²) < 4.78 is 11.3. The van der Waals surface area contributed by atoms with Gasteiger partial charge in [-0.05, 0) is 0 Å². The largest absolute Gasteiger partial charge is 0.388 e. The van der Waals surface area contributed by atoms with Crippen LogP contribution in [0.3, 0.4) is 0 Å². The van der Waals surface area contributed by atoms with Gasteiger partial charge in [-0.2, -0.15) is 0 Å². The smallest absolute Gasteiger partial charge is 0.183 e. The highest BCUT2D eigenvalue weighted by Gasteiger charge is 2.36. The van der Waals surface area contributed by atoms with Crippen molar-refractivity contribution in [2.45, 2.75) is 24.6 Å². The maximum atomic E-state index is 8.95. The van der Waals surface area contributed by atoms with Crippen molar-refractivity contribution >= 4 is 0 Å². The Bertz CT molecular complexity index is 150. The van der Waals surface area contributed by atoms with E-state index in [0.29, 0.717) is 0 Å². The highest BCUT2D eigenvalue weighted by molar-refractivity contribution is 4.81. The fourth-order valence-corrected chi connectivity index (χ4v) is 0.708. The molecule has 0 aromatic heterocycles. The first-order valence-electron chi connectivity index (χ1n) is 3.33. The monoisotopic (exact) mass is 151 g/mol. The van der Waals surface area contributed by atoms with Gasteiger partial charge >= 0.3 is 0 Å². The van der Waals surface area contributed by atoms with E-state index in [4.69, 9.17) is 21.8 Å². The number of aliphatic hydroxyl groups is 4. The lowest BCUT2D eigenvalue weighted by Crippen LogP contribution is -2.52. The predicted molar refractivity (Wildman–Crippen MR) is 30.0 cm³/mol. The van der Waals surface area contributed by atoms with E-state index >= 15 is 0 Å². The van der Waals surface area contributed by atoms with E-state index in [9.17, 15) is 0 Å². The zero-order chi connectivity index (χ0) is 8.65. The van der Waals surface area contributed by atoms with Gasteiger partial charge in [-0.15, -0.1) is 0 Å². The van der Waals surface area contributed by atoms with Crippen molar-refractivity contribution in [3.8, 4) is 0 Å². The van der Waals surface area contributed by atoms with Crippen molar-refractivity contribution in [2.24, 2.45) is 0 Å². The van der Waals surface area contributed by atoms with Crippen molar-refractivity contribution in [3.63, 3.8) is 0 Å². The molecule has 1 rings (SSSR count). The van der Waals surface area contributed by atoms with E-state index in [0.717, 1.165) is 0 Å². The Hall–Kier alpha value is -0.200. The third-order valence-electron chi connectivity index (χ3n) is 1.36. The Morgan fingerprint density at radius 2 is 1.80 bits per heavy atom. The molecule has 4 N–H and O–H groups in total. The number of hydrogen-bond donors (Lipinski definition) is 4. The quantitative estimate of drug-likeness (QED) is 0.305. The summed E-state index contributed by atoms with van der Waals surface area (Å²) in [6.45, 7) is -0.521. The van der Waals surface area contributed by atoms with Gasteiger partial charge in [-0.1, -0.05) is 0 Å². The molecular formula is C5H10O5. The first-order chi connectivity index (χ1) is 4.95. The number of ether oxygens (including phenoxy) is 1. The molecule has 0 saturated carbocycles. The summed E-state index contributed by atoms with van der Waals surface area (Å²) in [6, 6.07) is 0. The average Bonchev–Trinajstić information content (AvgIpc) is 1.95. The van der Waals surface area contributed by atoms with Gasteiger partial charge in [-0.3, -0.25) is 0 Å². The second-order valence-electron chi connectivity index (χ2n) is 2.13. The molecule has 0 amide bonds. The predicted octanol–water partition coefficient (Wildman–Crippen LogP) is -2.58. The summed E-state index contributed by atoms with van der Waals surface area (Å²) in [5, 5.41) is 35.5. The second-order valence-corrected chi connectivity index (χ2v) is 2.13. The van der Waals surface area contributed by atoms with Crippen molar-refractivity contribution in [1.82, 2.24) is 0 Å². The first kappa shape index (κ1) is 6.51. The molecule has 0 aromatic carbocycles. The molecule has 0 radical (unpaired) electrons. The van der Waals surface area contributed by atoms with Crippen LogP contribution < -0.4 is 0 Å². The molecule has 60 valence electrons. The van der Waals surface area contributed by atoms with Crippen molar-refractivity contribution in [3.05, 3.63) is 0 Å². The molecular weight excluding hydrogens is 140 g/mol. The molecule has 0 spiro atoms. The zero-order valence-corrected chi connectivity index (χ0v) is 5.14. The Kier molecular flexibility index (Phi) is 1.83. The van der Waals surface area contributed by atoms with Crippen LogP contribution in [0.2, 0.25) is 0 Å². The van der Waals surface area contributed by atoms with Crippen LogP contribution in [0.4, 0.5) is 0 Å². The lowest BCUT2D eigenvalue weighted by Gasteiger charge is -2.31. The third kappa shape index (κ3) is 1.28. The minimum atomic E-state index is -2.24. The Balaban J connectivity index is 2.67. The molecule has 5 heteroatoms. The van der Waals surface area contributed by atoms with Gasteiger partial charge in [0.1, 0.15) is 18.3 Å². The summed E-state index contributed by atoms with van der Waals surface area (Å²) in [5.74, 6) is 0. The molecule has 0 aliphatic carbocycles. The fraction of sp³-hybridized carbons (Fsp3) is 1.00. The van der Waals surface area contributed by atoms with E-state index in [1.807, 2.05) is 0 Å². The molecule has 1 heterocycles. The second kappa shape index (κ2) is 2.81. The van der Waals surface area contributed by atoms with Crippen LogP contribution in [0.1, 0.15) is 1.37 Å². The third-order valence-corrected chi connectivity index (χ3v) is 1.36. The molecule has 10 heavy (non-hydrogen) atoms. The normalized spacial score (nSPS) is 58.0. The van der Waals surface area contributed by atoms with Crippen LogP contribution in [-0.2, 0) is 4.74 Å². The zero-order valence-electron chi connectivity index (χ0n) is 6.14. The minimum absolute atomic E-state index is 0.521. The van der Waals surface area contributed by atoms with E-state index < -0.39 is 31.2 Å². The summed E-state index contributed by atoms with van der Waals surface area (Å²) in [7, 11) is 0. The number of hydrogen-bond acceptors (Lipinski definition) is 5. The first-order valence-corrected chi connectivity index (χ1v) is 2.83. The highest BCUT2D eigenvalue weighted by Crippen LogP contribution is 2.12. The summed E-state index contributed by atoms with van der Waals surface area (Å²) >= 11 is 0. The van der Waals surface area contributed by atoms with Crippen molar-refractivity contribution < 1.29 is 26.5 Å². The van der Waals surface area contributed by atoms with Crippen molar-refractivity contribution in [1.29, 1.82) is 0 Å². The molecule has 1 saturated heterocycles. The van der Waals surface area contributed by atoms with E-state index in [1.165, 1.54) is 0 Å². The topological polar surface area (TPSA) is 90.2 Å². The van der Waals surface area contributed by atoms with E-state index in [2.05, 4.69) is 4.74 Å². The molecule has 4 atom stereocenters. The lowest BCUT2D eigenvalue weighted by atomic mass is 10.1. The van der Waals surface area contributed by atoms with Gasteiger partial charge in [0.2, 0.25) is 0 Å². The maximum absolute atomic E-state index is 8.95. The molecule has 0 bridgehead atoms. The molecule has 1 unspecified atom stereocenters. The highest BCUT2D eigenvalue weighted by atomic mass is 16.6. The van der Waals surface area contributed by atoms with E-state index in [1.54, 1.807) is 0 Å². The number of aliphatic hydroxyl groups excluding tert-OH is 3. The van der Waals surface area contributed by atoms with Crippen LogP contribution >= 0.6 is 0 Å².